The summed E-state index contributed by atoms with van der Waals surface area (Å²) >= 11 is 1.60. The van der Waals surface area contributed by atoms with E-state index >= 15 is 0 Å². The highest BCUT2D eigenvalue weighted by molar-refractivity contribution is 7.16. The van der Waals surface area contributed by atoms with Crippen LogP contribution in [-0.2, 0) is 13.5 Å². The molecule has 0 aliphatic heterocycles. The van der Waals surface area contributed by atoms with Crippen LogP contribution in [0, 0.1) is 0 Å². The van der Waals surface area contributed by atoms with Crippen molar-refractivity contribution < 1.29 is 0 Å². The van der Waals surface area contributed by atoms with Gasteiger partial charge in [-0.15, -0.1) is 11.3 Å². The van der Waals surface area contributed by atoms with Gasteiger partial charge in [-0.05, 0) is 53.3 Å². The number of fused-ring (bicyclic) bond motifs is 2. The van der Waals surface area contributed by atoms with Gasteiger partial charge in [0.05, 0.1) is 21.3 Å². The molecule has 0 saturated heterocycles. The van der Waals surface area contributed by atoms with Gasteiger partial charge >= 0.3 is 0 Å². The fourth-order valence-corrected chi connectivity index (χ4v) is 5.67. The third kappa shape index (κ3) is 4.07. The molecule has 0 amide bonds. The van der Waals surface area contributed by atoms with Crippen LogP contribution in [0.3, 0.4) is 0 Å². The first-order valence-electron chi connectivity index (χ1n) is 12.1. The summed E-state index contributed by atoms with van der Waals surface area (Å²) in [6, 6.07) is 23.0. The molecule has 6 nitrogen and oxygen atoms in total. The van der Waals surface area contributed by atoms with Gasteiger partial charge in [0.1, 0.15) is 5.52 Å². The average Bonchev–Trinajstić information content (AvgIpc) is 3.40. The summed E-state index contributed by atoms with van der Waals surface area (Å²) in [5, 5.41) is 1.49. The van der Waals surface area contributed by atoms with E-state index in [-0.39, 0.29) is 17.0 Å². The van der Waals surface area contributed by atoms with Gasteiger partial charge in [0, 0.05) is 42.8 Å². The predicted octanol–water partition coefficient (Wildman–Crippen LogP) is 5.71. The average molecular weight is 505 g/mol. The van der Waals surface area contributed by atoms with Crippen LogP contribution in [0.1, 0.15) is 24.2 Å². The number of pyridine rings is 3. The van der Waals surface area contributed by atoms with E-state index < -0.39 is 0 Å². The topological polar surface area (TPSA) is 69.8 Å². The number of hydrogen-bond acceptors (Lipinski definition) is 5. The van der Waals surface area contributed by atoms with Crippen LogP contribution >= 0.6 is 11.3 Å². The van der Waals surface area contributed by atoms with E-state index in [9.17, 15) is 9.59 Å². The molecular formula is C30H24N4O2S. The van der Waals surface area contributed by atoms with Gasteiger partial charge in [0.2, 0.25) is 5.56 Å². The zero-order valence-electron chi connectivity index (χ0n) is 20.5. The predicted molar refractivity (Wildman–Crippen MR) is 150 cm³/mol. The van der Waals surface area contributed by atoms with Crippen molar-refractivity contribution in [3.05, 3.63) is 123 Å². The number of thiazole rings is 1. The SMILES string of the molecule is C[C@H](Cc1nccc2scnc12)c1cc2cccc(-c3ccc(=O)n(C)c3)c2c(=O)n1-c1ccccc1. The standard InChI is InChI=1S/C30H24N4O2S/c1-19(15-24-29-26(13-14-31-24)37-18-32-29)25-16-20-7-6-10-23(21-11-12-27(35)33(2)17-21)28(20)30(36)34(25)22-8-4-3-5-9-22/h3-14,16-19H,15H2,1-2H3/t19-/m1/s1. The number of aryl methyl sites for hydroxylation is 1. The summed E-state index contributed by atoms with van der Waals surface area (Å²) in [4.78, 5) is 35.5. The number of para-hydroxylation sites is 1. The van der Waals surface area contributed by atoms with Gasteiger partial charge in [-0.3, -0.25) is 19.1 Å². The summed E-state index contributed by atoms with van der Waals surface area (Å²) in [5.74, 6) is -0.00157. The molecule has 0 aliphatic carbocycles. The second-order valence-electron chi connectivity index (χ2n) is 9.24. The summed E-state index contributed by atoms with van der Waals surface area (Å²) in [6.45, 7) is 2.13. The molecule has 0 unspecified atom stereocenters. The molecule has 0 bridgehead atoms. The van der Waals surface area contributed by atoms with E-state index in [2.05, 4.69) is 23.0 Å². The molecule has 0 saturated carbocycles. The van der Waals surface area contributed by atoms with E-state index in [1.165, 1.54) is 10.6 Å². The van der Waals surface area contributed by atoms with Gasteiger partial charge in [-0.25, -0.2) is 4.98 Å². The van der Waals surface area contributed by atoms with Crippen molar-refractivity contribution in [2.24, 2.45) is 7.05 Å². The number of benzene rings is 2. The minimum absolute atomic E-state index is 0.00157. The zero-order valence-corrected chi connectivity index (χ0v) is 21.3. The Kier molecular flexibility index (Phi) is 5.77. The van der Waals surface area contributed by atoms with E-state index in [4.69, 9.17) is 0 Å². The molecule has 6 aromatic rings. The highest BCUT2D eigenvalue weighted by Gasteiger charge is 2.20. The first kappa shape index (κ1) is 23.1. The van der Waals surface area contributed by atoms with Crippen molar-refractivity contribution in [1.29, 1.82) is 0 Å². The summed E-state index contributed by atoms with van der Waals surface area (Å²) in [6.07, 6.45) is 4.26. The number of nitrogens with zero attached hydrogens (tertiary/aromatic N) is 4. The van der Waals surface area contributed by atoms with Gasteiger partial charge in [-0.2, -0.15) is 0 Å². The summed E-state index contributed by atoms with van der Waals surface area (Å²) < 4.78 is 4.46. The first-order valence-corrected chi connectivity index (χ1v) is 13.0. The quantitative estimate of drug-likeness (QED) is 0.302. The van der Waals surface area contributed by atoms with Gasteiger partial charge in [0.15, 0.2) is 0 Å². The van der Waals surface area contributed by atoms with Crippen LogP contribution in [0.2, 0.25) is 0 Å². The lowest BCUT2D eigenvalue weighted by atomic mass is 9.95. The Morgan fingerprint density at radius 3 is 2.59 bits per heavy atom. The molecule has 6 rings (SSSR count). The summed E-state index contributed by atoms with van der Waals surface area (Å²) in [5.41, 5.74) is 6.86. The molecule has 0 N–H and O–H groups in total. The summed E-state index contributed by atoms with van der Waals surface area (Å²) in [7, 11) is 1.72. The lowest BCUT2D eigenvalue weighted by molar-refractivity contribution is 0.688. The third-order valence-corrected chi connectivity index (χ3v) is 7.61. The van der Waals surface area contributed by atoms with Crippen molar-refractivity contribution >= 4 is 32.3 Å². The Morgan fingerprint density at radius 1 is 0.946 bits per heavy atom. The normalized spacial score (nSPS) is 12.3. The molecule has 0 aliphatic rings. The monoisotopic (exact) mass is 504 g/mol. The van der Waals surface area contributed by atoms with Crippen molar-refractivity contribution in [2.45, 2.75) is 19.3 Å². The van der Waals surface area contributed by atoms with Crippen LogP contribution in [0.15, 0.2) is 100 Å². The number of hydrogen-bond donors (Lipinski definition) is 0. The second-order valence-corrected chi connectivity index (χ2v) is 10.1. The molecule has 0 fully saturated rings. The third-order valence-electron chi connectivity index (χ3n) is 6.82. The molecule has 4 heterocycles. The number of rotatable bonds is 5. The van der Waals surface area contributed by atoms with Gasteiger partial charge in [0.25, 0.3) is 5.56 Å². The highest BCUT2D eigenvalue weighted by atomic mass is 32.1. The molecule has 2 aromatic carbocycles. The van der Waals surface area contributed by atoms with Crippen LogP contribution < -0.4 is 11.1 Å². The number of aromatic nitrogens is 4. The first-order chi connectivity index (χ1) is 18.0. The van der Waals surface area contributed by atoms with Crippen LogP contribution in [-0.4, -0.2) is 19.1 Å². The molecule has 0 spiro atoms. The Bertz CT molecular complexity index is 1890. The Balaban J connectivity index is 1.58. The van der Waals surface area contributed by atoms with E-state index in [1.807, 2.05) is 70.9 Å². The fourth-order valence-electron chi connectivity index (χ4n) is 4.97. The molecule has 1 atom stereocenters. The van der Waals surface area contributed by atoms with E-state index in [1.54, 1.807) is 30.6 Å². The maximum absolute atomic E-state index is 14.3. The fraction of sp³-hybridized carbons (Fsp3) is 0.133. The van der Waals surface area contributed by atoms with Gasteiger partial charge < -0.3 is 4.57 Å². The van der Waals surface area contributed by atoms with E-state index in [0.29, 0.717) is 11.8 Å². The van der Waals surface area contributed by atoms with Crippen LogP contribution in [0.4, 0.5) is 0 Å². The Hall–Kier alpha value is -4.36. The molecule has 182 valence electrons. The van der Waals surface area contributed by atoms with Crippen molar-refractivity contribution in [1.82, 2.24) is 19.1 Å². The lowest BCUT2D eigenvalue weighted by Crippen LogP contribution is -2.24. The minimum atomic E-state index is -0.0921. The van der Waals surface area contributed by atoms with Crippen molar-refractivity contribution in [3.8, 4) is 16.8 Å². The molecular weight excluding hydrogens is 480 g/mol. The van der Waals surface area contributed by atoms with Crippen molar-refractivity contribution in [3.63, 3.8) is 0 Å². The van der Waals surface area contributed by atoms with Crippen LogP contribution in [0.25, 0.3) is 37.8 Å². The molecule has 7 heteroatoms. The highest BCUT2D eigenvalue weighted by Crippen LogP contribution is 2.31. The van der Waals surface area contributed by atoms with Crippen LogP contribution in [0.5, 0.6) is 0 Å². The Labute approximate surface area is 217 Å². The molecule has 0 radical (unpaired) electrons. The molecule has 37 heavy (non-hydrogen) atoms. The maximum atomic E-state index is 14.3. The zero-order chi connectivity index (χ0) is 25.5. The second kappa shape index (κ2) is 9.26. The lowest BCUT2D eigenvalue weighted by Gasteiger charge is -2.21. The van der Waals surface area contributed by atoms with Crippen molar-refractivity contribution in [2.75, 3.05) is 0 Å². The smallest absolute Gasteiger partial charge is 0.263 e. The Morgan fingerprint density at radius 2 is 1.78 bits per heavy atom. The van der Waals surface area contributed by atoms with E-state index in [0.717, 1.165) is 43.8 Å². The minimum Gasteiger partial charge on any atom is -0.318 e. The largest absolute Gasteiger partial charge is 0.318 e. The maximum Gasteiger partial charge on any atom is 0.263 e. The van der Waals surface area contributed by atoms with Gasteiger partial charge in [-0.1, -0.05) is 43.3 Å². The molecule has 4 aromatic heterocycles.